The van der Waals surface area contributed by atoms with Crippen molar-refractivity contribution in [2.24, 2.45) is 0 Å². The van der Waals surface area contributed by atoms with E-state index in [0.717, 1.165) is 30.9 Å². The number of hydrogen-bond acceptors (Lipinski definition) is 4. The van der Waals surface area contributed by atoms with Gasteiger partial charge in [-0.1, -0.05) is 13.0 Å². The molecule has 1 aromatic rings. The molecule has 19 heavy (non-hydrogen) atoms. The Hall–Kier alpha value is -1.26. The molecule has 0 bridgehead atoms. The van der Waals surface area contributed by atoms with Crippen LogP contribution in [0, 0.1) is 0 Å². The molecule has 4 heteroatoms. The summed E-state index contributed by atoms with van der Waals surface area (Å²) in [6.45, 7) is 6.48. The lowest BCUT2D eigenvalue weighted by Crippen LogP contribution is -2.42. The molecule has 0 aromatic heterocycles. The first-order chi connectivity index (χ1) is 9.17. The Labute approximate surface area is 114 Å². The van der Waals surface area contributed by atoms with Crippen molar-refractivity contribution in [3.63, 3.8) is 0 Å². The summed E-state index contributed by atoms with van der Waals surface area (Å²) in [5.41, 5.74) is 1.14. The van der Waals surface area contributed by atoms with Gasteiger partial charge in [-0.15, -0.1) is 0 Å². The summed E-state index contributed by atoms with van der Waals surface area (Å²) >= 11 is 0. The van der Waals surface area contributed by atoms with Crippen LogP contribution in [0.1, 0.15) is 32.3 Å². The summed E-state index contributed by atoms with van der Waals surface area (Å²) in [6, 6.07) is 6.03. The largest absolute Gasteiger partial charge is 0.486 e. The van der Waals surface area contributed by atoms with Crippen LogP contribution in [-0.4, -0.2) is 30.5 Å². The fourth-order valence-corrected chi connectivity index (χ4v) is 2.15. The van der Waals surface area contributed by atoms with E-state index in [4.69, 9.17) is 14.6 Å². The minimum Gasteiger partial charge on any atom is -0.486 e. The molecule has 106 valence electrons. The third-order valence-corrected chi connectivity index (χ3v) is 3.77. The maximum absolute atomic E-state index is 9.11. The molecule has 2 rings (SSSR count). The summed E-state index contributed by atoms with van der Waals surface area (Å²) in [6.07, 6.45) is 1.74. The zero-order valence-electron chi connectivity index (χ0n) is 11.7. The monoisotopic (exact) mass is 265 g/mol. The highest BCUT2D eigenvalue weighted by Gasteiger charge is 2.20. The van der Waals surface area contributed by atoms with Crippen molar-refractivity contribution in [1.29, 1.82) is 0 Å². The predicted octanol–water partition coefficient (Wildman–Crippen LogP) is 2.10. The van der Waals surface area contributed by atoms with Gasteiger partial charge in [0, 0.05) is 18.7 Å². The van der Waals surface area contributed by atoms with Gasteiger partial charge in [0.2, 0.25) is 0 Å². The van der Waals surface area contributed by atoms with Gasteiger partial charge in [0.1, 0.15) is 13.2 Å². The zero-order valence-corrected chi connectivity index (χ0v) is 11.7. The molecule has 0 saturated heterocycles. The minimum atomic E-state index is -0.0258. The fourth-order valence-electron chi connectivity index (χ4n) is 2.15. The number of aliphatic hydroxyl groups excluding tert-OH is 1. The Bertz CT molecular complexity index is 422. The highest BCUT2D eigenvalue weighted by Crippen LogP contribution is 2.30. The minimum absolute atomic E-state index is 0.0258. The maximum Gasteiger partial charge on any atom is 0.161 e. The lowest BCUT2D eigenvalue weighted by molar-refractivity contribution is 0.171. The highest BCUT2D eigenvalue weighted by molar-refractivity contribution is 5.43. The van der Waals surface area contributed by atoms with Crippen molar-refractivity contribution in [2.75, 3.05) is 19.8 Å². The number of fused-ring (bicyclic) bond motifs is 1. The normalized spacial score (nSPS) is 17.0. The van der Waals surface area contributed by atoms with Crippen LogP contribution in [0.25, 0.3) is 0 Å². The van der Waals surface area contributed by atoms with Crippen molar-refractivity contribution in [1.82, 2.24) is 5.32 Å². The van der Waals surface area contributed by atoms with Gasteiger partial charge in [0.25, 0.3) is 0 Å². The van der Waals surface area contributed by atoms with Crippen molar-refractivity contribution >= 4 is 0 Å². The number of rotatable bonds is 6. The van der Waals surface area contributed by atoms with E-state index in [1.54, 1.807) is 0 Å². The number of nitrogens with one attached hydrogen (secondary N) is 1. The molecule has 1 unspecified atom stereocenters. The summed E-state index contributed by atoms with van der Waals surface area (Å²) < 4.78 is 11.1. The van der Waals surface area contributed by atoms with E-state index in [1.807, 2.05) is 12.1 Å². The Morgan fingerprint density at radius 2 is 2.00 bits per heavy atom. The summed E-state index contributed by atoms with van der Waals surface area (Å²) in [5.74, 6) is 1.65. The van der Waals surface area contributed by atoms with Crippen LogP contribution < -0.4 is 14.8 Å². The van der Waals surface area contributed by atoms with Gasteiger partial charge in [-0.3, -0.25) is 0 Å². The summed E-state index contributed by atoms with van der Waals surface area (Å²) in [5, 5.41) is 12.6. The fraction of sp³-hybridized carbons (Fsp3) is 0.600. The average molecular weight is 265 g/mol. The van der Waals surface area contributed by atoms with E-state index in [9.17, 15) is 0 Å². The first-order valence-electron chi connectivity index (χ1n) is 6.91. The Balaban J connectivity index is 1.99. The lowest BCUT2D eigenvalue weighted by Gasteiger charge is -2.29. The summed E-state index contributed by atoms with van der Waals surface area (Å²) in [7, 11) is 0. The van der Waals surface area contributed by atoms with Crippen LogP contribution in [0.4, 0.5) is 0 Å². The van der Waals surface area contributed by atoms with Crippen molar-refractivity contribution < 1.29 is 14.6 Å². The number of aliphatic hydroxyl groups is 1. The van der Waals surface area contributed by atoms with Crippen molar-refractivity contribution in [3.05, 3.63) is 23.8 Å². The molecule has 0 radical (unpaired) electrons. The van der Waals surface area contributed by atoms with Gasteiger partial charge < -0.3 is 19.9 Å². The van der Waals surface area contributed by atoms with Gasteiger partial charge in [-0.2, -0.15) is 0 Å². The van der Waals surface area contributed by atoms with E-state index < -0.39 is 0 Å². The van der Waals surface area contributed by atoms with Crippen molar-refractivity contribution in [3.8, 4) is 11.5 Å². The lowest BCUT2D eigenvalue weighted by atomic mass is 9.94. The Morgan fingerprint density at radius 1 is 1.26 bits per heavy atom. The van der Waals surface area contributed by atoms with Crippen LogP contribution in [0.3, 0.4) is 0 Å². The van der Waals surface area contributed by atoms with E-state index in [0.29, 0.717) is 13.2 Å². The Kier molecular flexibility index (Phi) is 4.66. The first kappa shape index (κ1) is 14.2. The van der Waals surface area contributed by atoms with Gasteiger partial charge in [0.05, 0.1) is 0 Å². The van der Waals surface area contributed by atoms with E-state index in [1.165, 1.54) is 5.56 Å². The van der Waals surface area contributed by atoms with Crippen LogP contribution in [0.5, 0.6) is 11.5 Å². The van der Waals surface area contributed by atoms with Crippen molar-refractivity contribution in [2.45, 2.75) is 38.8 Å². The molecule has 0 aliphatic carbocycles. The maximum atomic E-state index is 9.11. The number of hydrogen-bond donors (Lipinski definition) is 2. The molecule has 1 aliphatic rings. The molecule has 4 nitrogen and oxygen atoms in total. The van der Waals surface area contributed by atoms with E-state index in [-0.39, 0.29) is 12.1 Å². The molecule has 1 atom stereocenters. The molecule has 1 aliphatic heterocycles. The molecule has 0 saturated carbocycles. The molecule has 0 fully saturated rings. The van der Waals surface area contributed by atoms with Crippen LogP contribution in [0.15, 0.2) is 18.2 Å². The molecule has 0 amide bonds. The average Bonchev–Trinajstić information content (AvgIpc) is 2.45. The second-order valence-corrected chi connectivity index (χ2v) is 5.22. The van der Waals surface area contributed by atoms with Gasteiger partial charge in [-0.25, -0.2) is 0 Å². The van der Waals surface area contributed by atoms with Crippen LogP contribution in [0.2, 0.25) is 0 Å². The topological polar surface area (TPSA) is 50.7 Å². The van der Waals surface area contributed by atoms with Gasteiger partial charge in [0.15, 0.2) is 11.5 Å². The molecular formula is C15H23NO3. The number of benzene rings is 1. The molecule has 0 spiro atoms. The molecular weight excluding hydrogens is 242 g/mol. The summed E-state index contributed by atoms with van der Waals surface area (Å²) in [4.78, 5) is 0. The quantitative estimate of drug-likeness (QED) is 0.827. The standard InChI is InChI=1S/C15H23NO3/c1-3-15(2,6-7-17)16-11-12-4-5-13-14(10-12)19-9-8-18-13/h4-5,10,16-17H,3,6-9,11H2,1-2H3. The van der Waals surface area contributed by atoms with E-state index in [2.05, 4.69) is 25.2 Å². The zero-order chi connectivity index (χ0) is 13.7. The van der Waals surface area contributed by atoms with Crippen LogP contribution in [-0.2, 0) is 6.54 Å². The Morgan fingerprint density at radius 3 is 2.68 bits per heavy atom. The molecule has 1 heterocycles. The van der Waals surface area contributed by atoms with Gasteiger partial charge in [-0.05, 0) is 37.5 Å². The van der Waals surface area contributed by atoms with Gasteiger partial charge >= 0.3 is 0 Å². The third-order valence-electron chi connectivity index (χ3n) is 3.77. The first-order valence-corrected chi connectivity index (χ1v) is 6.91. The SMILES string of the molecule is CCC(C)(CCO)NCc1ccc2c(c1)OCCO2. The molecule has 1 aromatic carbocycles. The van der Waals surface area contributed by atoms with E-state index >= 15 is 0 Å². The molecule has 2 N–H and O–H groups in total. The second kappa shape index (κ2) is 6.26. The second-order valence-electron chi connectivity index (χ2n) is 5.22. The highest BCUT2D eigenvalue weighted by atomic mass is 16.6. The predicted molar refractivity (Wildman–Crippen MR) is 74.7 cm³/mol. The smallest absolute Gasteiger partial charge is 0.161 e. The third kappa shape index (κ3) is 3.61. The van der Waals surface area contributed by atoms with Crippen LogP contribution >= 0.6 is 0 Å². The number of ether oxygens (including phenoxy) is 2.